The van der Waals surface area contributed by atoms with E-state index in [-0.39, 0.29) is 0 Å². The maximum atomic E-state index is 6.62. The van der Waals surface area contributed by atoms with E-state index in [1.165, 1.54) is 11.1 Å². The fraction of sp³-hybridized carbons (Fsp3) is 0.500. The average Bonchev–Trinajstić information content (AvgIpc) is 2.71. The van der Waals surface area contributed by atoms with Gasteiger partial charge in [-0.2, -0.15) is 0 Å². The summed E-state index contributed by atoms with van der Waals surface area (Å²) in [5.41, 5.74) is 2.50. The van der Waals surface area contributed by atoms with Gasteiger partial charge in [0, 0.05) is 6.61 Å². The smallest absolute Gasteiger partial charge is 0.321 e. The van der Waals surface area contributed by atoms with Crippen molar-refractivity contribution in [3.05, 3.63) is 59.7 Å². The molecular formula is C24H38O4Si2. The van der Waals surface area contributed by atoms with E-state index >= 15 is 0 Å². The number of benzene rings is 2. The van der Waals surface area contributed by atoms with Crippen molar-refractivity contribution >= 4 is 16.9 Å². The van der Waals surface area contributed by atoms with Gasteiger partial charge in [0.2, 0.25) is 0 Å². The Morgan fingerprint density at radius 1 is 0.700 bits per heavy atom. The Morgan fingerprint density at radius 3 is 1.73 bits per heavy atom. The van der Waals surface area contributed by atoms with Gasteiger partial charge in [0.15, 0.2) is 8.32 Å². The Hall–Kier alpha value is -1.61. The quantitative estimate of drug-likeness (QED) is 0.271. The van der Waals surface area contributed by atoms with Crippen LogP contribution in [-0.4, -0.2) is 37.7 Å². The molecule has 0 saturated heterocycles. The SMILES string of the molecule is COc1ccccc1CCCO[Si](C)(C)O[Si](C)(C)CCCc1ccccc1OC. The maximum absolute atomic E-state index is 6.62. The molecule has 0 bridgehead atoms. The molecule has 0 amide bonds. The molecule has 166 valence electrons. The van der Waals surface area contributed by atoms with Crippen LogP contribution in [0.4, 0.5) is 0 Å². The predicted octanol–water partition coefficient (Wildman–Crippen LogP) is 6.21. The van der Waals surface area contributed by atoms with Gasteiger partial charge in [-0.25, -0.2) is 0 Å². The molecule has 0 aliphatic carbocycles. The summed E-state index contributed by atoms with van der Waals surface area (Å²) in [6.07, 6.45) is 4.05. The molecule has 4 nitrogen and oxygen atoms in total. The van der Waals surface area contributed by atoms with Crippen LogP contribution in [0.2, 0.25) is 32.2 Å². The molecule has 0 unspecified atom stereocenters. The summed E-state index contributed by atoms with van der Waals surface area (Å²) in [6.45, 7) is 9.68. The zero-order valence-corrected chi connectivity index (χ0v) is 21.5. The minimum Gasteiger partial charge on any atom is -0.496 e. The van der Waals surface area contributed by atoms with Gasteiger partial charge in [0.05, 0.1) is 14.2 Å². The second kappa shape index (κ2) is 11.7. The molecule has 0 radical (unpaired) electrons. The monoisotopic (exact) mass is 446 g/mol. The molecule has 2 aromatic carbocycles. The molecule has 0 fully saturated rings. The van der Waals surface area contributed by atoms with Crippen LogP contribution in [0.1, 0.15) is 24.0 Å². The van der Waals surface area contributed by atoms with E-state index in [0.29, 0.717) is 0 Å². The summed E-state index contributed by atoms with van der Waals surface area (Å²) in [5.74, 6) is 1.93. The van der Waals surface area contributed by atoms with Crippen molar-refractivity contribution < 1.29 is 18.0 Å². The molecule has 2 rings (SSSR count). The second-order valence-electron chi connectivity index (χ2n) is 8.69. The van der Waals surface area contributed by atoms with Gasteiger partial charge in [0.25, 0.3) is 0 Å². The summed E-state index contributed by atoms with van der Waals surface area (Å²) in [6, 6.07) is 17.6. The van der Waals surface area contributed by atoms with Gasteiger partial charge < -0.3 is 18.0 Å². The van der Waals surface area contributed by atoms with Crippen LogP contribution in [0.25, 0.3) is 0 Å². The van der Waals surface area contributed by atoms with E-state index in [1.807, 2.05) is 24.3 Å². The third-order valence-corrected chi connectivity index (χ3v) is 11.8. The Balaban J connectivity index is 1.75. The normalized spacial score (nSPS) is 12.1. The van der Waals surface area contributed by atoms with Gasteiger partial charge in [-0.05, 0) is 81.2 Å². The maximum Gasteiger partial charge on any atom is 0.321 e. The highest BCUT2D eigenvalue weighted by Crippen LogP contribution is 2.25. The lowest BCUT2D eigenvalue weighted by Gasteiger charge is -2.33. The standard InChI is InChI=1S/C24H38O4Si2/c1-25-23-17-9-7-13-21(23)15-11-19-27-30(5,6)28-29(3,4)20-12-16-22-14-8-10-18-24(22)26-2/h7-10,13-14,17-18H,11-12,15-16,19-20H2,1-6H3. The summed E-state index contributed by atoms with van der Waals surface area (Å²) >= 11 is 0. The van der Waals surface area contributed by atoms with Crippen molar-refractivity contribution in [3.63, 3.8) is 0 Å². The summed E-state index contributed by atoms with van der Waals surface area (Å²) < 4.78 is 23.8. The molecule has 0 atom stereocenters. The van der Waals surface area contributed by atoms with Crippen LogP contribution in [0.15, 0.2) is 48.5 Å². The lowest BCUT2D eigenvalue weighted by atomic mass is 10.1. The average molecular weight is 447 g/mol. The van der Waals surface area contributed by atoms with Crippen LogP contribution in [0, 0.1) is 0 Å². The molecule has 30 heavy (non-hydrogen) atoms. The first kappa shape index (κ1) is 24.7. The number of methoxy groups -OCH3 is 2. The van der Waals surface area contributed by atoms with E-state index in [2.05, 4.69) is 50.5 Å². The molecule has 0 N–H and O–H groups in total. The first-order valence-electron chi connectivity index (χ1n) is 10.8. The number of aryl methyl sites for hydroxylation is 2. The summed E-state index contributed by atoms with van der Waals surface area (Å²) in [7, 11) is -0.465. The number of ether oxygens (including phenoxy) is 2. The van der Waals surface area contributed by atoms with Gasteiger partial charge in [-0.15, -0.1) is 0 Å². The highest BCUT2D eigenvalue weighted by atomic mass is 28.4. The Kier molecular flexibility index (Phi) is 9.61. The lowest BCUT2D eigenvalue weighted by Crippen LogP contribution is -2.46. The van der Waals surface area contributed by atoms with Crippen LogP contribution in [-0.2, 0) is 21.4 Å². The van der Waals surface area contributed by atoms with E-state index in [1.54, 1.807) is 14.2 Å². The van der Waals surface area contributed by atoms with Crippen molar-refractivity contribution in [1.29, 1.82) is 0 Å². The largest absolute Gasteiger partial charge is 0.496 e. The van der Waals surface area contributed by atoms with Crippen LogP contribution in [0.3, 0.4) is 0 Å². The van der Waals surface area contributed by atoms with Crippen LogP contribution >= 0.6 is 0 Å². The third-order valence-electron chi connectivity index (χ3n) is 5.17. The van der Waals surface area contributed by atoms with E-state index < -0.39 is 16.9 Å². The molecule has 0 aliphatic rings. The molecule has 6 heteroatoms. The summed E-state index contributed by atoms with van der Waals surface area (Å²) in [5, 5.41) is 0. The van der Waals surface area contributed by atoms with E-state index in [4.69, 9.17) is 18.0 Å². The first-order valence-corrected chi connectivity index (χ1v) is 16.8. The Bertz CT molecular complexity index is 777. The topological polar surface area (TPSA) is 36.9 Å². The molecular weight excluding hydrogens is 408 g/mol. The molecule has 0 heterocycles. The molecule has 0 saturated carbocycles. The molecule has 0 aliphatic heterocycles. The third kappa shape index (κ3) is 8.26. The van der Waals surface area contributed by atoms with Gasteiger partial charge in [-0.1, -0.05) is 36.4 Å². The van der Waals surface area contributed by atoms with Crippen molar-refractivity contribution in [2.45, 2.75) is 57.9 Å². The zero-order valence-electron chi connectivity index (χ0n) is 19.5. The number of para-hydroxylation sites is 2. The van der Waals surface area contributed by atoms with Crippen molar-refractivity contribution in [1.82, 2.24) is 0 Å². The minimum absolute atomic E-state index is 0.725. The molecule has 0 spiro atoms. The fourth-order valence-electron chi connectivity index (χ4n) is 3.85. The lowest BCUT2D eigenvalue weighted by molar-refractivity contribution is 0.241. The van der Waals surface area contributed by atoms with Crippen molar-refractivity contribution in [3.8, 4) is 11.5 Å². The van der Waals surface area contributed by atoms with Gasteiger partial charge in [0.1, 0.15) is 11.5 Å². The molecule has 0 aromatic heterocycles. The Morgan fingerprint density at radius 2 is 1.20 bits per heavy atom. The summed E-state index contributed by atoms with van der Waals surface area (Å²) in [4.78, 5) is 0. The van der Waals surface area contributed by atoms with E-state index in [9.17, 15) is 0 Å². The molecule has 2 aromatic rings. The number of rotatable bonds is 13. The fourth-order valence-corrected chi connectivity index (χ4v) is 11.5. The highest BCUT2D eigenvalue weighted by Gasteiger charge is 2.34. The first-order chi connectivity index (χ1) is 14.3. The highest BCUT2D eigenvalue weighted by molar-refractivity contribution is 6.82. The Labute approximate surface area is 184 Å². The van der Waals surface area contributed by atoms with Crippen LogP contribution in [0.5, 0.6) is 11.5 Å². The van der Waals surface area contributed by atoms with Crippen molar-refractivity contribution in [2.75, 3.05) is 20.8 Å². The van der Waals surface area contributed by atoms with Crippen LogP contribution < -0.4 is 9.47 Å². The second-order valence-corrected chi connectivity index (χ2v) is 16.6. The van der Waals surface area contributed by atoms with Gasteiger partial charge >= 0.3 is 8.56 Å². The zero-order chi connectivity index (χ0) is 22.0. The number of hydrogen-bond donors (Lipinski definition) is 0. The predicted molar refractivity (Wildman–Crippen MR) is 129 cm³/mol. The van der Waals surface area contributed by atoms with Crippen molar-refractivity contribution in [2.24, 2.45) is 0 Å². The number of hydrogen-bond acceptors (Lipinski definition) is 4. The van der Waals surface area contributed by atoms with Gasteiger partial charge in [-0.3, -0.25) is 0 Å². The minimum atomic E-state index is -2.14. The van der Waals surface area contributed by atoms with E-state index in [0.717, 1.165) is 49.8 Å².